The summed E-state index contributed by atoms with van der Waals surface area (Å²) < 4.78 is 4.45. The van der Waals surface area contributed by atoms with Crippen molar-refractivity contribution in [2.24, 2.45) is 22.2 Å². The lowest BCUT2D eigenvalue weighted by Crippen LogP contribution is -2.44. The maximum absolute atomic E-state index is 11.4. The molecule has 104 valence electrons. The van der Waals surface area contributed by atoms with E-state index in [1.807, 2.05) is 0 Å². The summed E-state index contributed by atoms with van der Waals surface area (Å²) in [6, 6.07) is -1.29. The number of carbonyl (C=O) groups excluding carboxylic acids is 2. The first-order chi connectivity index (χ1) is 8.38. The van der Waals surface area contributed by atoms with Gasteiger partial charge in [0.25, 0.3) is 0 Å². The van der Waals surface area contributed by atoms with Crippen molar-refractivity contribution in [1.82, 2.24) is 0 Å². The maximum atomic E-state index is 11.4. The van der Waals surface area contributed by atoms with Crippen molar-refractivity contribution < 1.29 is 19.4 Å². The van der Waals surface area contributed by atoms with Gasteiger partial charge in [-0.2, -0.15) is 0 Å². The van der Waals surface area contributed by atoms with Gasteiger partial charge in [0.1, 0.15) is 6.04 Å². The van der Waals surface area contributed by atoms with Gasteiger partial charge < -0.3 is 27.0 Å². The largest absolute Gasteiger partial charge is 0.392 e. The first-order valence-corrected chi connectivity index (χ1v) is 5.62. The number of aliphatic hydroxyl groups excluding tert-OH is 1. The smallest absolute Gasteiger partial charge is 0.333 e. The summed E-state index contributed by atoms with van der Waals surface area (Å²) in [5, 5.41) is 9.56. The normalized spacial score (nSPS) is 13.5. The van der Waals surface area contributed by atoms with Crippen LogP contribution >= 0.6 is 0 Å². The Morgan fingerprint density at radius 2 is 2.00 bits per heavy atom. The number of guanidine groups is 1. The molecule has 0 bridgehead atoms. The fraction of sp³-hybridized carbons (Fsp3) is 0.700. The van der Waals surface area contributed by atoms with Crippen LogP contribution in [0.1, 0.15) is 26.2 Å². The Hall–Kier alpha value is -1.67. The molecular formula is C10H20N4O4. The number of hydrogen-bond acceptors (Lipinski definition) is 6. The predicted octanol–water partition coefficient (Wildman–Crippen LogP) is -1.79. The molecule has 2 atom stereocenters. The molecule has 0 aliphatic heterocycles. The third-order valence-electron chi connectivity index (χ3n) is 2.07. The van der Waals surface area contributed by atoms with Crippen molar-refractivity contribution in [3.8, 4) is 0 Å². The topological polar surface area (TPSA) is 154 Å². The predicted molar refractivity (Wildman–Crippen MR) is 65.3 cm³/mol. The van der Waals surface area contributed by atoms with E-state index in [9.17, 15) is 14.7 Å². The van der Waals surface area contributed by atoms with Gasteiger partial charge in [-0.25, -0.2) is 4.79 Å². The van der Waals surface area contributed by atoms with Crippen LogP contribution in [-0.2, 0) is 14.3 Å². The average Bonchev–Trinajstić information content (AvgIpc) is 2.27. The number of rotatable bonds is 7. The van der Waals surface area contributed by atoms with Gasteiger partial charge in [0.2, 0.25) is 0 Å². The number of carbonyl (C=O) groups is 2. The number of nitrogens with two attached hydrogens (primary N) is 3. The van der Waals surface area contributed by atoms with Crippen molar-refractivity contribution >= 4 is 17.9 Å². The molecule has 0 heterocycles. The summed E-state index contributed by atoms with van der Waals surface area (Å²) >= 11 is 0. The first kappa shape index (κ1) is 16.3. The highest BCUT2D eigenvalue weighted by Crippen LogP contribution is 2.01. The Morgan fingerprint density at radius 3 is 2.50 bits per heavy atom. The molecule has 0 aromatic heterocycles. The molecule has 0 fully saturated rings. The molecule has 0 rings (SSSR count). The van der Waals surface area contributed by atoms with Gasteiger partial charge in [0.15, 0.2) is 5.96 Å². The van der Waals surface area contributed by atoms with Gasteiger partial charge in [0, 0.05) is 13.0 Å². The van der Waals surface area contributed by atoms with E-state index >= 15 is 0 Å². The summed E-state index contributed by atoms with van der Waals surface area (Å²) in [5.41, 5.74) is 15.6. The van der Waals surface area contributed by atoms with Gasteiger partial charge >= 0.3 is 11.9 Å². The van der Waals surface area contributed by atoms with Crippen LogP contribution in [0.3, 0.4) is 0 Å². The van der Waals surface area contributed by atoms with Gasteiger partial charge in [-0.1, -0.05) is 6.92 Å². The van der Waals surface area contributed by atoms with E-state index in [-0.39, 0.29) is 25.3 Å². The zero-order chi connectivity index (χ0) is 14.1. The van der Waals surface area contributed by atoms with E-state index in [4.69, 9.17) is 17.2 Å². The van der Waals surface area contributed by atoms with Crippen molar-refractivity contribution in [2.45, 2.75) is 38.3 Å². The molecule has 0 spiro atoms. The number of nitrogens with zero attached hydrogens (tertiary/aromatic N) is 1. The summed E-state index contributed by atoms with van der Waals surface area (Å²) in [7, 11) is 0. The quantitative estimate of drug-likeness (QED) is 0.182. The third kappa shape index (κ3) is 6.81. The molecule has 0 saturated carbocycles. The molecule has 0 radical (unpaired) electrons. The number of aliphatic hydroxyl groups is 1. The molecule has 0 amide bonds. The Bertz CT molecular complexity index is 315. The summed E-state index contributed by atoms with van der Waals surface area (Å²) in [6.45, 7) is 1.91. The van der Waals surface area contributed by atoms with Crippen LogP contribution in [0.4, 0.5) is 0 Å². The second kappa shape index (κ2) is 8.43. The van der Waals surface area contributed by atoms with Crippen molar-refractivity contribution in [1.29, 1.82) is 0 Å². The van der Waals surface area contributed by atoms with Gasteiger partial charge in [-0.05, 0) is 12.8 Å². The molecule has 0 aromatic rings. The standard InChI is InChI=1S/C10H20N4O4/c1-2-3-7(16)18-9(17)8(11)6(15)4-5-14-10(12)13/h6,8,15H,2-5,11H2,1H3,(H4,12,13,14)/t6?,8-/m0/s1. The minimum absolute atomic E-state index is 0.0934. The van der Waals surface area contributed by atoms with Crippen LogP contribution in [0.2, 0.25) is 0 Å². The molecule has 0 aliphatic rings. The molecular weight excluding hydrogens is 240 g/mol. The summed E-state index contributed by atoms with van der Waals surface area (Å²) in [4.78, 5) is 26.0. The Labute approximate surface area is 105 Å². The Morgan fingerprint density at radius 1 is 1.39 bits per heavy atom. The Balaban J connectivity index is 4.11. The molecule has 8 nitrogen and oxygen atoms in total. The number of aliphatic imine (C=N–C) groups is 1. The highest BCUT2D eigenvalue weighted by molar-refractivity contribution is 5.88. The van der Waals surface area contributed by atoms with Gasteiger partial charge in [-0.15, -0.1) is 0 Å². The third-order valence-corrected chi connectivity index (χ3v) is 2.07. The van der Waals surface area contributed by atoms with Crippen LogP contribution in [0.15, 0.2) is 4.99 Å². The van der Waals surface area contributed by atoms with E-state index in [1.165, 1.54) is 0 Å². The average molecular weight is 260 g/mol. The highest BCUT2D eigenvalue weighted by Gasteiger charge is 2.25. The van der Waals surface area contributed by atoms with Gasteiger partial charge in [0.05, 0.1) is 6.10 Å². The van der Waals surface area contributed by atoms with Crippen LogP contribution in [0.5, 0.6) is 0 Å². The summed E-state index contributed by atoms with van der Waals surface area (Å²) in [6.07, 6.45) is -0.386. The fourth-order valence-corrected chi connectivity index (χ4v) is 1.10. The van der Waals surface area contributed by atoms with Crippen LogP contribution in [0.25, 0.3) is 0 Å². The monoisotopic (exact) mass is 260 g/mol. The van der Waals surface area contributed by atoms with E-state index in [1.54, 1.807) is 6.92 Å². The lowest BCUT2D eigenvalue weighted by Gasteiger charge is -2.15. The van der Waals surface area contributed by atoms with E-state index < -0.39 is 24.1 Å². The van der Waals surface area contributed by atoms with E-state index in [2.05, 4.69) is 9.73 Å². The minimum atomic E-state index is -1.29. The lowest BCUT2D eigenvalue weighted by molar-refractivity contribution is -0.162. The number of ether oxygens (including phenoxy) is 1. The van der Waals surface area contributed by atoms with Crippen molar-refractivity contribution in [3.63, 3.8) is 0 Å². The second-order valence-corrected chi connectivity index (χ2v) is 3.73. The zero-order valence-electron chi connectivity index (χ0n) is 10.3. The molecule has 8 heteroatoms. The Kier molecular flexibility index (Phi) is 7.64. The molecule has 0 aromatic carbocycles. The minimum Gasteiger partial charge on any atom is -0.392 e. The van der Waals surface area contributed by atoms with Crippen molar-refractivity contribution in [3.05, 3.63) is 0 Å². The lowest BCUT2D eigenvalue weighted by atomic mass is 10.1. The molecule has 1 unspecified atom stereocenters. The molecule has 0 aliphatic carbocycles. The first-order valence-electron chi connectivity index (χ1n) is 5.62. The van der Waals surface area contributed by atoms with Crippen LogP contribution < -0.4 is 17.2 Å². The second-order valence-electron chi connectivity index (χ2n) is 3.73. The molecule has 7 N–H and O–H groups in total. The summed E-state index contributed by atoms with van der Waals surface area (Å²) in [5.74, 6) is -1.73. The number of esters is 2. The number of hydrogen-bond donors (Lipinski definition) is 4. The van der Waals surface area contributed by atoms with Gasteiger partial charge in [-0.3, -0.25) is 9.79 Å². The molecule has 18 heavy (non-hydrogen) atoms. The zero-order valence-corrected chi connectivity index (χ0v) is 10.3. The highest BCUT2D eigenvalue weighted by atomic mass is 16.6. The van der Waals surface area contributed by atoms with Crippen molar-refractivity contribution in [2.75, 3.05) is 6.54 Å². The fourth-order valence-electron chi connectivity index (χ4n) is 1.10. The molecule has 0 saturated heterocycles. The van der Waals surface area contributed by atoms with Crippen LogP contribution in [0, 0.1) is 0 Å². The van der Waals surface area contributed by atoms with E-state index in [0.29, 0.717) is 6.42 Å². The van der Waals surface area contributed by atoms with E-state index in [0.717, 1.165) is 0 Å². The SMILES string of the molecule is CCCC(=O)OC(=O)[C@@H](N)C(O)CCN=C(N)N. The van der Waals surface area contributed by atoms with Crippen LogP contribution in [-0.4, -0.2) is 41.7 Å². The maximum Gasteiger partial charge on any atom is 0.333 e.